The first-order valence-corrected chi connectivity index (χ1v) is 10.7. The molecule has 2 fully saturated rings. The lowest BCUT2D eigenvalue weighted by molar-refractivity contribution is -0.184. The summed E-state index contributed by atoms with van der Waals surface area (Å²) < 4.78 is 48.4. The number of alkyl halides is 3. The highest BCUT2D eigenvalue weighted by atomic mass is 19.4. The normalized spacial score (nSPS) is 18.6. The van der Waals surface area contributed by atoms with E-state index in [1.807, 2.05) is 0 Å². The molecule has 2 aromatic rings. The zero-order valence-corrected chi connectivity index (χ0v) is 17.8. The molecule has 0 spiro atoms. The SMILES string of the molecule is O=C(c1ccc(C2(O)COC2)cc1)N1CCC(OCCNc2ncc(C(F)(F)F)cn2)CC1. The minimum Gasteiger partial charge on any atom is -0.380 e. The topological polar surface area (TPSA) is 96.8 Å². The van der Waals surface area contributed by atoms with Gasteiger partial charge in [-0.15, -0.1) is 0 Å². The van der Waals surface area contributed by atoms with Crippen molar-refractivity contribution in [3.8, 4) is 0 Å². The highest BCUT2D eigenvalue weighted by molar-refractivity contribution is 5.94. The fourth-order valence-electron chi connectivity index (χ4n) is 3.75. The second-order valence-electron chi connectivity index (χ2n) is 8.18. The fraction of sp³-hybridized carbons (Fsp3) is 0.500. The zero-order valence-electron chi connectivity index (χ0n) is 17.8. The predicted molar refractivity (Wildman–Crippen MR) is 112 cm³/mol. The molecule has 33 heavy (non-hydrogen) atoms. The Balaban J connectivity index is 1.16. The number of carbonyl (C=O) groups excluding carboxylic acids is 1. The number of rotatable bonds is 7. The van der Waals surface area contributed by atoms with Crippen molar-refractivity contribution in [3.63, 3.8) is 0 Å². The van der Waals surface area contributed by atoms with Gasteiger partial charge in [0.15, 0.2) is 0 Å². The first-order valence-electron chi connectivity index (χ1n) is 10.7. The number of amides is 1. The van der Waals surface area contributed by atoms with E-state index in [4.69, 9.17) is 9.47 Å². The summed E-state index contributed by atoms with van der Waals surface area (Å²) in [5.41, 5.74) is -0.535. The lowest BCUT2D eigenvalue weighted by Gasteiger charge is -2.37. The molecule has 2 aliphatic heterocycles. The van der Waals surface area contributed by atoms with Crippen LogP contribution in [0.25, 0.3) is 0 Å². The van der Waals surface area contributed by atoms with Crippen molar-refractivity contribution in [2.24, 2.45) is 0 Å². The van der Waals surface area contributed by atoms with Gasteiger partial charge >= 0.3 is 6.18 Å². The lowest BCUT2D eigenvalue weighted by Crippen LogP contribution is -2.46. The third-order valence-electron chi connectivity index (χ3n) is 5.80. The number of ether oxygens (including phenoxy) is 2. The molecular weight excluding hydrogens is 441 g/mol. The summed E-state index contributed by atoms with van der Waals surface area (Å²) in [6.45, 7) is 2.36. The van der Waals surface area contributed by atoms with Crippen molar-refractivity contribution in [3.05, 3.63) is 53.3 Å². The molecule has 3 heterocycles. The highest BCUT2D eigenvalue weighted by Crippen LogP contribution is 2.30. The number of likely N-dealkylation sites (tertiary alicyclic amines) is 1. The Morgan fingerprint density at radius 1 is 1.18 bits per heavy atom. The first-order chi connectivity index (χ1) is 15.7. The van der Waals surface area contributed by atoms with Gasteiger partial charge in [0, 0.05) is 37.6 Å². The summed E-state index contributed by atoms with van der Waals surface area (Å²) in [4.78, 5) is 21.8. The molecular formula is C22H25F3N4O4. The van der Waals surface area contributed by atoms with Crippen molar-refractivity contribution < 1.29 is 32.5 Å². The largest absolute Gasteiger partial charge is 0.419 e. The monoisotopic (exact) mass is 466 g/mol. The van der Waals surface area contributed by atoms with Gasteiger partial charge in [-0.25, -0.2) is 9.97 Å². The van der Waals surface area contributed by atoms with Gasteiger partial charge in [0.25, 0.3) is 5.91 Å². The van der Waals surface area contributed by atoms with Crippen molar-refractivity contribution in [1.82, 2.24) is 14.9 Å². The summed E-state index contributed by atoms with van der Waals surface area (Å²) in [7, 11) is 0. The Hall–Kier alpha value is -2.76. The van der Waals surface area contributed by atoms with Crippen molar-refractivity contribution in [1.29, 1.82) is 0 Å². The minimum absolute atomic E-state index is 0.000358. The molecule has 0 aliphatic carbocycles. The molecule has 11 heteroatoms. The maximum Gasteiger partial charge on any atom is 0.419 e. The van der Waals surface area contributed by atoms with Gasteiger partial charge in [-0.2, -0.15) is 13.2 Å². The number of nitrogens with zero attached hydrogens (tertiary/aromatic N) is 3. The minimum atomic E-state index is -4.46. The Kier molecular flexibility index (Phi) is 6.82. The summed E-state index contributed by atoms with van der Waals surface area (Å²) in [5.74, 6) is 0.0490. The van der Waals surface area contributed by atoms with E-state index in [-0.39, 0.29) is 31.2 Å². The zero-order chi connectivity index (χ0) is 23.5. The van der Waals surface area contributed by atoms with Crippen molar-refractivity contribution in [2.45, 2.75) is 30.7 Å². The van der Waals surface area contributed by atoms with Crippen LogP contribution < -0.4 is 5.32 Å². The van der Waals surface area contributed by atoms with E-state index in [2.05, 4.69) is 15.3 Å². The number of carbonyl (C=O) groups is 1. The van der Waals surface area contributed by atoms with E-state index < -0.39 is 17.3 Å². The van der Waals surface area contributed by atoms with Gasteiger partial charge in [-0.05, 0) is 30.5 Å². The maximum atomic E-state index is 12.8. The molecule has 0 radical (unpaired) electrons. The number of aliphatic hydroxyl groups is 1. The molecule has 1 amide bonds. The first kappa shape index (κ1) is 23.4. The predicted octanol–water partition coefficient (Wildman–Crippen LogP) is 2.45. The number of anilines is 1. The van der Waals surface area contributed by atoms with Crippen LogP contribution in [0.1, 0.15) is 34.3 Å². The average Bonchev–Trinajstić information content (AvgIpc) is 2.80. The fourth-order valence-corrected chi connectivity index (χ4v) is 3.75. The number of benzene rings is 1. The Morgan fingerprint density at radius 2 is 1.82 bits per heavy atom. The van der Waals surface area contributed by atoms with Gasteiger partial charge in [-0.3, -0.25) is 4.79 Å². The van der Waals surface area contributed by atoms with Gasteiger partial charge in [0.1, 0.15) is 5.60 Å². The molecule has 0 atom stereocenters. The molecule has 2 aliphatic rings. The van der Waals surface area contributed by atoms with Crippen LogP contribution in [0.3, 0.4) is 0 Å². The quantitative estimate of drug-likeness (QED) is 0.605. The van der Waals surface area contributed by atoms with Crippen molar-refractivity contribution >= 4 is 11.9 Å². The second-order valence-corrected chi connectivity index (χ2v) is 8.18. The Labute approximate surface area is 188 Å². The van der Waals surface area contributed by atoms with Gasteiger partial charge in [0.05, 0.1) is 31.5 Å². The van der Waals surface area contributed by atoms with Crippen LogP contribution in [0.5, 0.6) is 0 Å². The molecule has 4 rings (SSSR count). The van der Waals surface area contributed by atoms with Gasteiger partial charge in [-0.1, -0.05) is 12.1 Å². The summed E-state index contributed by atoms with van der Waals surface area (Å²) in [5, 5.41) is 13.1. The number of nitrogens with one attached hydrogen (secondary N) is 1. The standard InChI is InChI=1S/C22H25F3N4O4/c23-22(24,25)17-11-27-20(28-12-17)26-7-10-33-18-5-8-29(9-6-18)19(30)15-1-3-16(4-2-15)21(31)13-32-14-21/h1-4,11-12,18,31H,5-10,13-14H2,(H,26,27,28). The van der Waals surface area contributed by atoms with E-state index >= 15 is 0 Å². The number of hydrogen-bond donors (Lipinski definition) is 2. The maximum absolute atomic E-state index is 12.8. The van der Waals surface area contributed by atoms with E-state index in [1.54, 1.807) is 29.2 Å². The van der Waals surface area contributed by atoms with Crippen LogP contribution in [0.2, 0.25) is 0 Å². The van der Waals surface area contributed by atoms with Crippen LogP contribution in [0, 0.1) is 0 Å². The molecule has 8 nitrogen and oxygen atoms in total. The molecule has 0 bridgehead atoms. The van der Waals surface area contributed by atoms with Crippen LogP contribution in [0.15, 0.2) is 36.7 Å². The number of aromatic nitrogens is 2. The van der Waals surface area contributed by atoms with Gasteiger partial charge < -0.3 is 24.8 Å². The van der Waals surface area contributed by atoms with Crippen LogP contribution >= 0.6 is 0 Å². The van der Waals surface area contributed by atoms with Crippen molar-refractivity contribution in [2.75, 3.05) is 44.8 Å². The Morgan fingerprint density at radius 3 is 2.36 bits per heavy atom. The third kappa shape index (κ3) is 5.60. The van der Waals surface area contributed by atoms with Gasteiger partial charge in [0.2, 0.25) is 5.95 Å². The van der Waals surface area contributed by atoms with E-state index in [1.165, 1.54) is 0 Å². The smallest absolute Gasteiger partial charge is 0.380 e. The van der Waals surface area contributed by atoms with Crippen LogP contribution in [-0.4, -0.2) is 71.4 Å². The molecule has 2 N–H and O–H groups in total. The number of hydrogen-bond acceptors (Lipinski definition) is 7. The molecule has 0 unspecified atom stereocenters. The number of halogens is 3. The summed E-state index contributed by atoms with van der Waals surface area (Å²) in [6, 6.07) is 6.98. The van der Waals surface area contributed by atoms with E-state index in [9.17, 15) is 23.1 Å². The molecule has 2 saturated heterocycles. The van der Waals surface area contributed by atoms with Crippen LogP contribution in [-0.2, 0) is 21.3 Å². The van der Waals surface area contributed by atoms with Crippen LogP contribution in [0.4, 0.5) is 19.1 Å². The highest BCUT2D eigenvalue weighted by Gasteiger charge is 2.38. The molecule has 1 aromatic carbocycles. The lowest BCUT2D eigenvalue weighted by atomic mass is 9.91. The molecule has 0 saturated carbocycles. The third-order valence-corrected chi connectivity index (χ3v) is 5.80. The number of piperidine rings is 1. The second kappa shape index (κ2) is 9.62. The molecule has 1 aromatic heterocycles. The van der Waals surface area contributed by atoms with E-state index in [0.29, 0.717) is 44.6 Å². The average molecular weight is 466 g/mol. The molecule has 178 valence electrons. The van der Waals surface area contributed by atoms with E-state index in [0.717, 1.165) is 18.0 Å². The Bertz CT molecular complexity index is 942. The summed E-state index contributed by atoms with van der Waals surface area (Å²) >= 11 is 0. The summed E-state index contributed by atoms with van der Waals surface area (Å²) in [6.07, 6.45) is -1.61.